The van der Waals surface area contributed by atoms with Gasteiger partial charge in [0.2, 0.25) is 0 Å². The standard InChI is InChI=1S/C24H22FN/c1-2-3-5-9-18-10-8-13-20(16-18)23-22(19-11-6-4-7-12-19)15-14-21(17-26)24(23)25/h4,6-8,10-16H,2-3,5,9H2,1H3. The van der Waals surface area contributed by atoms with Crippen LogP contribution < -0.4 is 0 Å². The lowest BCUT2D eigenvalue weighted by Gasteiger charge is -2.14. The molecule has 0 aliphatic carbocycles. The van der Waals surface area contributed by atoms with Gasteiger partial charge in [-0.2, -0.15) is 5.26 Å². The molecule has 130 valence electrons. The molecule has 0 atom stereocenters. The van der Waals surface area contributed by atoms with E-state index >= 15 is 4.39 Å². The fourth-order valence-electron chi connectivity index (χ4n) is 3.26. The second-order valence-corrected chi connectivity index (χ2v) is 6.48. The van der Waals surface area contributed by atoms with Crippen molar-refractivity contribution >= 4 is 0 Å². The molecule has 0 aliphatic heterocycles. The van der Waals surface area contributed by atoms with E-state index in [-0.39, 0.29) is 5.56 Å². The Morgan fingerprint density at radius 3 is 2.38 bits per heavy atom. The van der Waals surface area contributed by atoms with Crippen LogP contribution in [0.1, 0.15) is 37.3 Å². The first-order valence-corrected chi connectivity index (χ1v) is 9.12. The quantitative estimate of drug-likeness (QED) is 0.453. The van der Waals surface area contributed by atoms with Crippen LogP contribution in [0.5, 0.6) is 0 Å². The number of hydrogen-bond acceptors (Lipinski definition) is 1. The Balaban J connectivity index is 2.11. The summed E-state index contributed by atoms with van der Waals surface area (Å²) in [4.78, 5) is 0. The van der Waals surface area contributed by atoms with Crippen molar-refractivity contribution in [2.75, 3.05) is 0 Å². The summed E-state index contributed by atoms with van der Waals surface area (Å²) in [6, 6.07) is 23.2. The first-order chi connectivity index (χ1) is 12.7. The molecule has 0 N–H and O–H groups in total. The predicted octanol–water partition coefficient (Wildman–Crippen LogP) is 6.76. The molecule has 0 unspecified atom stereocenters. The van der Waals surface area contributed by atoms with E-state index in [0.717, 1.165) is 29.5 Å². The number of nitriles is 1. The summed E-state index contributed by atoms with van der Waals surface area (Å²) in [6.07, 6.45) is 4.49. The number of nitrogens with zero attached hydrogens (tertiary/aromatic N) is 1. The van der Waals surface area contributed by atoms with Gasteiger partial charge in [-0.05, 0) is 41.2 Å². The van der Waals surface area contributed by atoms with Gasteiger partial charge in [-0.3, -0.25) is 0 Å². The summed E-state index contributed by atoms with van der Waals surface area (Å²) in [5.41, 5.74) is 4.38. The van der Waals surface area contributed by atoms with E-state index < -0.39 is 5.82 Å². The fourth-order valence-corrected chi connectivity index (χ4v) is 3.26. The van der Waals surface area contributed by atoms with Crippen LogP contribution in [0.3, 0.4) is 0 Å². The van der Waals surface area contributed by atoms with Crippen molar-refractivity contribution in [2.24, 2.45) is 0 Å². The van der Waals surface area contributed by atoms with Crippen LogP contribution in [0, 0.1) is 17.1 Å². The number of hydrogen-bond donors (Lipinski definition) is 0. The van der Waals surface area contributed by atoms with Crippen LogP contribution >= 0.6 is 0 Å². The molecule has 1 nitrogen and oxygen atoms in total. The van der Waals surface area contributed by atoms with Gasteiger partial charge in [0.1, 0.15) is 11.9 Å². The zero-order valence-electron chi connectivity index (χ0n) is 15.0. The third kappa shape index (κ3) is 3.83. The minimum absolute atomic E-state index is 0.0797. The third-order valence-corrected chi connectivity index (χ3v) is 4.63. The highest BCUT2D eigenvalue weighted by molar-refractivity contribution is 5.85. The van der Waals surface area contributed by atoms with E-state index in [9.17, 15) is 5.26 Å². The molecule has 0 saturated heterocycles. The summed E-state index contributed by atoms with van der Waals surface area (Å²) in [7, 11) is 0. The SMILES string of the molecule is CCCCCc1cccc(-c2c(-c3ccccc3)ccc(C#N)c2F)c1. The van der Waals surface area contributed by atoms with E-state index in [4.69, 9.17) is 0 Å². The molecular weight excluding hydrogens is 321 g/mol. The van der Waals surface area contributed by atoms with Gasteiger partial charge in [-0.15, -0.1) is 0 Å². The number of benzene rings is 3. The van der Waals surface area contributed by atoms with Gasteiger partial charge >= 0.3 is 0 Å². The van der Waals surface area contributed by atoms with Crippen molar-refractivity contribution in [3.05, 3.63) is 83.7 Å². The van der Waals surface area contributed by atoms with Crippen LogP contribution in [0.2, 0.25) is 0 Å². The van der Waals surface area contributed by atoms with E-state index in [1.165, 1.54) is 18.4 Å². The molecule has 0 saturated carbocycles. The Kier molecular flexibility index (Phi) is 5.81. The summed E-state index contributed by atoms with van der Waals surface area (Å²) in [6.45, 7) is 2.19. The Hall–Kier alpha value is -2.92. The Bertz CT molecular complexity index is 923. The number of halogens is 1. The van der Waals surface area contributed by atoms with Crippen LogP contribution in [-0.4, -0.2) is 0 Å². The molecule has 3 aromatic carbocycles. The van der Waals surface area contributed by atoms with Gasteiger partial charge < -0.3 is 0 Å². The maximum Gasteiger partial charge on any atom is 0.149 e. The van der Waals surface area contributed by atoms with E-state index in [1.807, 2.05) is 54.6 Å². The summed E-state index contributed by atoms with van der Waals surface area (Å²) in [5.74, 6) is -0.445. The Morgan fingerprint density at radius 2 is 1.65 bits per heavy atom. The lowest BCUT2D eigenvalue weighted by atomic mass is 9.91. The van der Waals surface area contributed by atoms with Crippen molar-refractivity contribution in [1.82, 2.24) is 0 Å². The normalized spacial score (nSPS) is 10.5. The molecule has 2 heteroatoms. The average Bonchev–Trinajstić information content (AvgIpc) is 2.69. The van der Waals surface area contributed by atoms with Crippen molar-refractivity contribution in [3.63, 3.8) is 0 Å². The van der Waals surface area contributed by atoms with Crippen molar-refractivity contribution in [1.29, 1.82) is 5.26 Å². The van der Waals surface area contributed by atoms with Gasteiger partial charge in [0, 0.05) is 5.56 Å². The molecule has 0 aromatic heterocycles. The van der Waals surface area contributed by atoms with Crippen LogP contribution in [-0.2, 0) is 6.42 Å². The molecule has 26 heavy (non-hydrogen) atoms. The third-order valence-electron chi connectivity index (χ3n) is 4.63. The summed E-state index contributed by atoms with van der Waals surface area (Å²) < 4.78 is 15.1. The van der Waals surface area contributed by atoms with E-state index in [2.05, 4.69) is 19.1 Å². The number of rotatable bonds is 6. The molecule has 0 heterocycles. The van der Waals surface area contributed by atoms with Crippen LogP contribution in [0.4, 0.5) is 4.39 Å². The maximum absolute atomic E-state index is 15.1. The fraction of sp³-hybridized carbons (Fsp3) is 0.208. The molecule has 0 bridgehead atoms. The van der Waals surface area contributed by atoms with E-state index in [0.29, 0.717) is 5.56 Å². The van der Waals surface area contributed by atoms with E-state index in [1.54, 1.807) is 6.07 Å². The Morgan fingerprint density at radius 1 is 0.885 bits per heavy atom. The summed E-state index contributed by atoms with van der Waals surface area (Å²) in [5, 5.41) is 9.26. The van der Waals surface area contributed by atoms with Gasteiger partial charge in [-0.25, -0.2) is 4.39 Å². The lowest BCUT2D eigenvalue weighted by Crippen LogP contribution is -1.95. The largest absolute Gasteiger partial charge is 0.205 e. The summed E-state index contributed by atoms with van der Waals surface area (Å²) >= 11 is 0. The Labute approximate surface area is 154 Å². The minimum Gasteiger partial charge on any atom is -0.205 e. The second kappa shape index (κ2) is 8.45. The van der Waals surface area contributed by atoms with Gasteiger partial charge in [0.15, 0.2) is 0 Å². The molecule has 0 spiro atoms. The highest BCUT2D eigenvalue weighted by Gasteiger charge is 2.16. The topological polar surface area (TPSA) is 23.8 Å². The lowest BCUT2D eigenvalue weighted by molar-refractivity contribution is 0.628. The molecule has 3 rings (SSSR count). The van der Waals surface area contributed by atoms with Gasteiger partial charge in [0.05, 0.1) is 5.56 Å². The van der Waals surface area contributed by atoms with Crippen molar-refractivity contribution in [3.8, 4) is 28.3 Å². The first kappa shape index (κ1) is 17.9. The van der Waals surface area contributed by atoms with Crippen LogP contribution in [0.15, 0.2) is 66.7 Å². The second-order valence-electron chi connectivity index (χ2n) is 6.48. The number of aryl methyl sites for hydroxylation is 1. The zero-order chi connectivity index (χ0) is 18.4. The first-order valence-electron chi connectivity index (χ1n) is 9.12. The molecule has 3 aromatic rings. The van der Waals surface area contributed by atoms with Gasteiger partial charge in [0.25, 0.3) is 0 Å². The molecular formula is C24H22FN. The zero-order valence-corrected chi connectivity index (χ0v) is 15.0. The average molecular weight is 343 g/mol. The molecule has 0 amide bonds. The highest BCUT2D eigenvalue weighted by atomic mass is 19.1. The molecule has 0 fully saturated rings. The number of unbranched alkanes of at least 4 members (excludes halogenated alkanes) is 2. The molecule has 0 aliphatic rings. The smallest absolute Gasteiger partial charge is 0.149 e. The predicted molar refractivity (Wildman–Crippen MR) is 105 cm³/mol. The highest BCUT2D eigenvalue weighted by Crippen LogP contribution is 2.36. The molecule has 0 radical (unpaired) electrons. The monoisotopic (exact) mass is 343 g/mol. The van der Waals surface area contributed by atoms with Crippen molar-refractivity contribution in [2.45, 2.75) is 32.6 Å². The van der Waals surface area contributed by atoms with Gasteiger partial charge in [-0.1, -0.05) is 80.4 Å². The maximum atomic E-state index is 15.1. The van der Waals surface area contributed by atoms with Crippen LogP contribution in [0.25, 0.3) is 22.3 Å². The minimum atomic E-state index is -0.445. The van der Waals surface area contributed by atoms with Crippen molar-refractivity contribution < 1.29 is 4.39 Å².